The molecule has 1 unspecified atom stereocenters. The fraction of sp³-hybridized carbons (Fsp3) is 0.294. The number of hydrogen-bond donors (Lipinski definition) is 1. The summed E-state index contributed by atoms with van der Waals surface area (Å²) in [5.74, 6) is 0.893. The number of ether oxygens (including phenoxy) is 1. The third kappa shape index (κ3) is 2.36. The molecule has 0 fully saturated rings. The lowest BCUT2D eigenvalue weighted by Gasteiger charge is -2.31. The van der Waals surface area contributed by atoms with Crippen LogP contribution < -0.4 is 10.5 Å². The van der Waals surface area contributed by atoms with Crippen molar-refractivity contribution in [1.82, 2.24) is 0 Å². The van der Waals surface area contributed by atoms with Crippen molar-refractivity contribution in [3.05, 3.63) is 63.1 Å². The molecule has 1 aliphatic heterocycles. The van der Waals surface area contributed by atoms with Gasteiger partial charge in [0, 0.05) is 22.5 Å². The van der Waals surface area contributed by atoms with Crippen LogP contribution in [0.4, 0.5) is 0 Å². The second-order valence-corrected chi connectivity index (χ2v) is 6.34. The molecule has 3 heteroatoms. The summed E-state index contributed by atoms with van der Waals surface area (Å²) in [6.07, 6.45) is 0.852. The molecular formula is C17H18BrNO. The van der Waals surface area contributed by atoms with Gasteiger partial charge in [-0.1, -0.05) is 40.2 Å². The fourth-order valence-electron chi connectivity index (χ4n) is 2.79. The van der Waals surface area contributed by atoms with Gasteiger partial charge >= 0.3 is 0 Å². The molecule has 2 nitrogen and oxygen atoms in total. The number of halogens is 1. The summed E-state index contributed by atoms with van der Waals surface area (Å²) in [5, 5.41) is 0. The number of aryl methyl sites for hydroxylation is 1. The van der Waals surface area contributed by atoms with E-state index in [0.29, 0.717) is 0 Å². The second kappa shape index (κ2) is 5.23. The van der Waals surface area contributed by atoms with E-state index in [9.17, 15) is 0 Å². The van der Waals surface area contributed by atoms with Gasteiger partial charge in [-0.25, -0.2) is 0 Å². The Labute approximate surface area is 128 Å². The topological polar surface area (TPSA) is 35.2 Å². The Bertz CT molecular complexity index is 653. The van der Waals surface area contributed by atoms with Crippen LogP contribution in [0.5, 0.6) is 5.75 Å². The van der Waals surface area contributed by atoms with E-state index in [4.69, 9.17) is 10.5 Å². The van der Waals surface area contributed by atoms with E-state index in [1.54, 1.807) is 0 Å². The predicted molar refractivity (Wildman–Crippen MR) is 85.0 cm³/mol. The van der Waals surface area contributed by atoms with Gasteiger partial charge in [0.05, 0.1) is 0 Å². The lowest BCUT2D eigenvalue weighted by atomic mass is 9.90. The highest BCUT2D eigenvalue weighted by Gasteiger charge is 2.28. The minimum atomic E-state index is 0.0248. The van der Waals surface area contributed by atoms with Gasteiger partial charge in [-0.2, -0.15) is 0 Å². The fourth-order valence-corrected chi connectivity index (χ4v) is 3.13. The van der Waals surface area contributed by atoms with Crippen molar-refractivity contribution >= 4 is 15.9 Å². The van der Waals surface area contributed by atoms with Gasteiger partial charge in [-0.05, 0) is 42.7 Å². The summed E-state index contributed by atoms with van der Waals surface area (Å²) in [4.78, 5) is 0. The summed E-state index contributed by atoms with van der Waals surface area (Å²) in [6, 6.07) is 12.4. The van der Waals surface area contributed by atoms with E-state index in [0.717, 1.165) is 22.2 Å². The molecule has 0 aliphatic carbocycles. The molecule has 104 valence electrons. The first-order chi connectivity index (χ1) is 9.56. The monoisotopic (exact) mass is 331 g/mol. The molecule has 1 aliphatic rings. The number of benzene rings is 2. The van der Waals surface area contributed by atoms with Crippen molar-refractivity contribution in [1.29, 1.82) is 0 Å². The summed E-state index contributed by atoms with van der Waals surface area (Å²) < 4.78 is 7.21. The lowest BCUT2D eigenvalue weighted by Crippen LogP contribution is -2.24. The third-order valence-electron chi connectivity index (χ3n) is 4.11. The number of fused-ring (bicyclic) bond motifs is 1. The first kappa shape index (κ1) is 13.7. The van der Waals surface area contributed by atoms with Crippen LogP contribution in [0.15, 0.2) is 40.9 Å². The molecule has 2 N–H and O–H groups in total. The second-order valence-electron chi connectivity index (χ2n) is 5.42. The highest BCUT2D eigenvalue weighted by Crippen LogP contribution is 2.41. The molecule has 3 rings (SSSR count). The van der Waals surface area contributed by atoms with E-state index in [1.165, 1.54) is 16.7 Å². The first-order valence-corrected chi connectivity index (χ1v) is 7.63. The summed E-state index contributed by atoms with van der Waals surface area (Å²) >= 11 is 3.49. The summed E-state index contributed by atoms with van der Waals surface area (Å²) in [5.41, 5.74) is 11.2. The van der Waals surface area contributed by atoms with Crippen LogP contribution in [0.1, 0.15) is 40.8 Å². The van der Waals surface area contributed by atoms with Gasteiger partial charge in [-0.15, -0.1) is 0 Å². The van der Waals surface area contributed by atoms with Crippen molar-refractivity contribution in [2.45, 2.75) is 32.4 Å². The molecule has 0 spiro atoms. The Morgan fingerprint density at radius 2 is 1.95 bits per heavy atom. The van der Waals surface area contributed by atoms with E-state index in [2.05, 4.69) is 48.0 Å². The standard InChI is InChI=1S/C17H18BrNO/c1-10-4-3-5-13(11(10)2)17-9-15(19)14-7-6-12(18)8-16(14)20-17/h3-8,15,17H,9,19H2,1-2H3/t15-,17?/m0/s1. The molecule has 2 aromatic rings. The molecule has 0 amide bonds. The minimum absolute atomic E-state index is 0.0248. The smallest absolute Gasteiger partial charge is 0.126 e. The Kier molecular flexibility index (Phi) is 3.57. The molecule has 2 atom stereocenters. The molecule has 0 bridgehead atoms. The molecule has 1 heterocycles. The van der Waals surface area contributed by atoms with Crippen LogP contribution in [0.25, 0.3) is 0 Å². The average Bonchev–Trinajstić information content (AvgIpc) is 2.41. The van der Waals surface area contributed by atoms with E-state index < -0.39 is 0 Å². The van der Waals surface area contributed by atoms with Crippen molar-refractivity contribution in [3.63, 3.8) is 0 Å². The molecule has 0 saturated carbocycles. The number of rotatable bonds is 1. The largest absolute Gasteiger partial charge is 0.485 e. The molecule has 0 aromatic heterocycles. The Morgan fingerprint density at radius 1 is 1.15 bits per heavy atom. The molecular weight excluding hydrogens is 314 g/mol. The van der Waals surface area contributed by atoms with Gasteiger partial charge in [0.25, 0.3) is 0 Å². The zero-order valence-electron chi connectivity index (χ0n) is 11.7. The van der Waals surface area contributed by atoms with Crippen LogP contribution in [-0.2, 0) is 0 Å². The molecule has 2 aromatic carbocycles. The van der Waals surface area contributed by atoms with Crippen molar-refractivity contribution < 1.29 is 4.74 Å². The maximum atomic E-state index is 6.32. The number of hydrogen-bond acceptors (Lipinski definition) is 2. The molecule has 0 saturated heterocycles. The zero-order valence-corrected chi connectivity index (χ0v) is 13.3. The molecule has 0 radical (unpaired) electrons. The zero-order chi connectivity index (χ0) is 14.3. The van der Waals surface area contributed by atoms with Crippen LogP contribution >= 0.6 is 15.9 Å². The normalized spacial score (nSPS) is 21.2. The minimum Gasteiger partial charge on any atom is -0.485 e. The van der Waals surface area contributed by atoms with E-state index >= 15 is 0 Å². The Balaban J connectivity index is 2.00. The van der Waals surface area contributed by atoms with Crippen molar-refractivity contribution in [2.24, 2.45) is 5.73 Å². The maximum absolute atomic E-state index is 6.32. The quantitative estimate of drug-likeness (QED) is 0.829. The van der Waals surface area contributed by atoms with Gasteiger partial charge < -0.3 is 10.5 Å². The van der Waals surface area contributed by atoms with Crippen molar-refractivity contribution in [3.8, 4) is 5.75 Å². The van der Waals surface area contributed by atoms with E-state index in [1.807, 2.05) is 18.2 Å². The van der Waals surface area contributed by atoms with Crippen molar-refractivity contribution in [2.75, 3.05) is 0 Å². The highest BCUT2D eigenvalue weighted by atomic mass is 79.9. The first-order valence-electron chi connectivity index (χ1n) is 6.84. The van der Waals surface area contributed by atoms with Crippen LogP contribution in [-0.4, -0.2) is 0 Å². The lowest BCUT2D eigenvalue weighted by molar-refractivity contribution is 0.160. The van der Waals surface area contributed by atoms with Gasteiger partial charge in [-0.3, -0.25) is 0 Å². The van der Waals surface area contributed by atoms with Crippen LogP contribution in [0, 0.1) is 13.8 Å². The molecule has 20 heavy (non-hydrogen) atoms. The van der Waals surface area contributed by atoms with Crippen LogP contribution in [0.3, 0.4) is 0 Å². The third-order valence-corrected chi connectivity index (χ3v) is 4.60. The maximum Gasteiger partial charge on any atom is 0.126 e. The Hall–Kier alpha value is -1.32. The summed E-state index contributed by atoms with van der Waals surface area (Å²) in [7, 11) is 0. The Morgan fingerprint density at radius 3 is 2.75 bits per heavy atom. The van der Waals surface area contributed by atoms with Crippen LogP contribution in [0.2, 0.25) is 0 Å². The average molecular weight is 332 g/mol. The van der Waals surface area contributed by atoms with Gasteiger partial charge in [0.15, 0.2) is 0 Å². The van der Waals surface area contributed by atoms with E-state index in [-0.39, 0.29) is 12.1 Å². The highest BCUT2D eigenvalue weighted by molar-refractivity contribution is 9.10. The number of nitrogens with two attached hydrogens (primary N) is 1. The van der Waals surface area contributed by atoms with Gasteiger partial charge in [0.2, 0.25) is 0 Å². The predicted octanol–water partition coefficient (Wildman–Crippen LogP) is 4.59. The summed E-state index contributed by atoms with van der Waals surface area (Å²) in [6.45, 7) is 4.28. The van der Waals surface area contributed by atoms with Gasteiger partial charge in [0.1, 0.15) is 11.9 Å². The SMILES string of the molecule is Cc1cccc(C2C[C@H](N)c3ccc(Br)cc3O2)c1C.